The van der Waals surface area contributed by atoms with E-state index in [0.717, 1.165) is 5.56 Å². The number of nitrogens with zero attached hydrogens (tertiary/aromatic N) is 1. The van der Waals surface area contributed by atoms with E-state index in [1.807, 2.05) is 30.3 Å². The van der Waals surface area contributed by atoms with E-state index in [2.05, 4.69) is 0 Å². The monoisotopic (exact) mass is 395 g/mol. The van der Waals surface area contributed by atoms with Gasteiger partial charge >= 0.3 is 5.97 Å². The van der Waals surface area contributed by atoms with Crippen molar-refractivity contribution in [3.05, 3.63) is 88.9 Å². The second-order valence-corrected chi connectivity index (χ2v) is 6.61. The molecule has 6 heteroatoms. The Morgan fingerprint density at radius 1 is 0.893 bits per heavy atom. The number of hydrogen-bond acceptors (Lipinski definition) is 3. The zero-order valence-electron chi connectivity index (χ0n) is 14.9. The topological polar surface area (TPSA) is 77.8 Å². The standard InChI is InChI=1S/C22H18ClNO4/c23-16-11-12-17(22(27)28)19(14-16)24(18-8-4-5-9-20(18)25)21(26)13-10-15-6-2-1-3-7-15/h1-9,11-12,14,25H,10,13H2,(H,27,28). The maximum atomic E-state index is 13.1. The van der Waals surface area contributed by atoms with E-state index in [9.17, 15) is 19.8 Å². The summed E-state index contributed by atoms with van der Waals surface area (Å²) in [5.74, 6) is -1.68. The molecule has 0 atom stereocenters. The summed E-state index contributed by atoms with van der Waals surface area (Å²) < 4.78 is 0. The number of benzene rings is 3. The fourth-order valence-electron chi connectivity index (χ4n) is 2.93. The molecule has 0 aliphatic heterocycles. The van der Waals surface area contributed by atoms with Gasteiger partial charge in [0.05, 0.1) is 16.9 Å². The summed E-state index contributed by atoms with van der Waals surface area (Å²) in [5.41, 5.74) is 1.21. The molecule has 3 rings (SSSR count). The number of para-hydroxylation sites is 2. The van der Waals surface area contributed by atoms with Crippen LogP contribution in [0.25, 0.3) is 0 Å². The van der Waals surface area contributed by atoms with Gasteiger partial charge in [0.2, 0.25) is 5.91 Å². The van der Waals surface area contributed by atoms with Gasteiger partial charge in [-0.25, -0.2) is 4.79 Å². The highest BCUT2D eigenvalue weighted by Crippen LogP contribution is 2.37. The first-order valence-electron chi connectivity index (χ1n) is 8.65. The van der Waals surface area contributed by atoms with Gasteiger partial charge in [0.25, 0.3) is 0 Å². The van der Waals surface area contributed by atoms with Crippen LogP contribution in [-0.4, -0.2) is 22.1 Å². The zero-order chi connectivity index (χ0) is 20.1. The van der Waals surface area contributed by atoms with Crippen LogP contribution >= 0.6 is 11.6 Å². The van der Waals surface area contributed by atoms with Crippen LogP contribution in [0.2, 0.25) is 5.02 Å². The first-order chi connectivity index (χ1) is 13.5. The van der Waals surface area contributed by atoms with Gasteiger partial charge in [0.15, 0.2) is 0 Å². The number of carboxylic acid groups (broad SMARTS) is 1. The van der Waals surface area contributed by atoms with Crippen LogP contribution in [0.15, 0.2) is 72.8 Å². The molecule has 2 N–H and O–H groups in total. The Labute approximate surface area is 167 Å². The fourth-order valence-corrected chi connectivity index (χ4v) is 3.10. The zero-order valence-corrected chi connectivity index (χ0v) is 15.6. The van der Waals surface area contributed by atoms with Crippen molar-refractivity contribution in [3.63, 3.8) is 0 Å². The average molecular weight is 396 g/mol. The van der Waals surface area contributed by atoms with Gasteiger partial charge in [-0.3, -0.25) is 9.69 Å². The van der Waals surface area contributed by atoms with Gasteiger partial charge in [-0.15, -0.1) is 0 Å². The third kappa shape index (κ3) is 4.32. The number of amides is 1. The number of aryl methyl sites for hydroxylation is 1. The highest BCUT2D eigenvalue weighted by molar-refractivity contribution is 6.31. The first kappa shape index (κ1) is 19.5. The Bertz CT molecular complexity index is 1000. The number of halogens is 1. The van der Waals surface area contributed by atoms with E-state index < -0.39 is 5.97 Å². The Hall–Kier alpha value is -3.31. The van der Waals surface area contributed by atoms with E-state index in [-0.39, 0.29) is 40.0 Å². The number of aromatic carboxylic acids is 1. The van der Waals surface area contributed by atoms with Gasteiger partial charge in [-0.2, -0.15) is 0 Å². The summed E-state index contributed by atoms with van der Waals surface area (Å²) in [6.07, 6.45) is 0.608. The van der Waals surface area contributed by atoms with Crippen molar-refractivity contribution in [2.45, 2.75) is 12.8 Å². The maximum absolute atomic E-state index is 13.1. The molecule has 0 saturated heterocycles. The predicted octanol–water partition coefficient (Wildman–Crippen LogP) is 5.04. The molecule has 0 radical (unpaired) electrons. The van der Waals surface area contributed by atoms with Crippen molar-refractivity contribution < 1.29 is 19.8 Å². The van der Waals surface area contributed by atoms with Crippen molar-refractivity contribution in [2.75, 3.05) is 4.90 Å². The van der Waals surface area contributed by atoms with E-state index in [1.165, 1.54) is 29.2 Å². The highest BCUT2D eigenvalue weighted by atomic mass is 35.5. The maximum Gasteiger partial charge on any atom is 0.337 e. The van der Waals surface area contributed by atoms with Gasteiger partial charge < -0.3 is 10.2 Å². The van der Waals surface area contributed by atoms with Crippen LogP contribution in [0, 0.1) is 0 Å². The largest absolute Gasteiger partial charge is 0.506 e. The van der Waals surface area contributed by atoms with E-state index in [1.54, 1.807) is 18.2 Å². The lowest BCUT2D eigenvalue weighted by atomic mass is 10.1. The normalized spacial score (nSPS) is 10.5. The molecule has 3 aromatic rings. The minimum Gasteiger partial charge on any atom is -0.506 e. The SMILES string of the molecule is O=C(O)c1ccc(Cl)cc1N(C(=O)CCc1ccccc1)c1ccccc1O. The Kier molecular flexibility index (Phi) is 5.96. The number of carbonyl (C=O) groups excluding carboxylic acids is 1. The number of aromatic hydroxyl groups is 1. The third-order valence-corrected chi connectivity index (χ3v) is 4.51. The van der Waals surface area contributed by atoms with Crippen molar-refractivity contribution in [1.29, 1.82) is 0 Å². The number of phenols is 1. The molecule has 0 aromatic heterocycles. The van der Waals surface area contributed by atoms with Gasteiger partial charge in [0.1, 0.15) is 5.75 Å². The lowest BCUT2D eigenvalue weighted by molar-refractivity contribution is -0.117. The highest BCUT2D eigenvalue weighted by Gasteiger charge is 2.25. The summed E-state index contributed by atoms with van der Waals surface area (Å²) in [5, 5.41) is 20.2. The van der Waals surface area contributed by atoms with Crippen LogP contribution in [0.3, 0.4) is 0 Å². The second kappa shape index (κ2) is 8.59. The minimum absolute atomic E-state index is 0.0827. The van der Waals surface area contributed by atoms with E-state index in [4.69, 9.17) is 11.6 Å². The van der Waals surface area contributed by atoms with Gasteiger partial charge in [0, 0.05) is 11.4 Å². The number of anilines is 2. The fraction of sp³-hybridized carbons (Fsp3) is 0.0909. The molecule has 0 saturated carbocycles. The predicted molar refractivity (Wildman–Crippen MR) is 108 cm³/mol. The average Bonchev–Trinajstić information content (AvgIpc) is 2.69. The van der Waals surface area contributed by atoms with Crippen LogP contribution in [-0.2, 0) is 11.2 Å². The van der Waals surface area contributed by atoms with Crippen LogP contribution in [0.5, 0.6) is 5.75 Å². The van der Waals surface area contributed by atoms with E-state index in [0.29, 0.717) is 6.42 Å². The number of carboxylic acids is 1. The second-order valence-electron chi connectivity index (χ2n) is 6.17. The smallest absolute Gasteiger partial charge is 0.337 e. The molecule has 3 aromatic carbocycles. The molecule has 0 fully saturated rings. The van der Waals surface area contributed by atoms with Crippen molar-refractivity contribution in [3.8, 4) is 5.75 Å². The molecule has 0 unspecified atom stereocenters. The van der Waals surface area contributed by atoms with Crippen LogP contribution < -0.4 is 4.90 Å². The molecule has 0 aliphatic carbocycles. The van der Waals surface area contributed by atoms with Crippen molar-refractivity contribution in [2.24, 2.45) is 0 Å². The third-order valence-electron chi connectivity index (χ3n) is 4.27. The number of hydrogen-bond donors (Lipinski definition) is 2. The van der Waals surface area contributed by atoms with E-state index >= 15 is 0 Å². The van der Waals surface area contributed by atoms with Crippen molar-refractivity contribution >= 4 is 34.9 Å². The summed E-state index contributed by atoms with van der Waals surface area (Å²) in [4.78, 5) is 26.1. The Morgan fingerprint density at radius 3 is 2.25 bits per heavy atom. The summed E-state index contributed by atoms with van der Waals surface area (Å²) in [6, 6.07) is 20.0. The lowest BCUT2D eigenvalue weighted by Crippen LogP contribution is -2.28. The number of phenolic OH excluding ortho intramolecular Hbond substituents is 1. The summed E-state index contributed by atoms with van der Waals surface area (Å²) in [6.45, 7) is 0. The van der Waals surface area contributed by atoms with Gasteiger partial charge in [-0.1, -0.05) is 54.1 Å². The summed E-state index contributed by atoms with van der Waals surface area (Å²) >= 11 is 6.08. The molecule has 28 heavy (non-hydrogen) atoms. The quantitative estimate of drug-likeness (QED) is 0.612. The first-order valence-corrected chi connectivity index (χ1v) is 9.03. The summed E-state index contributed by atoms with van der Waals surface area (Å²) in [7, 11) is 0. The molecule has 0 heterocycles. The molecule has 0 bridgehead atoms. The molecule has 1 amide bonds. The Balaban J connectivity index is 2.04. The molecule has 142 valence electrons. The van der Waals surface area contributed by atoms with Gasteiger partial charge in [-0.05, 0) is 42.3 Å². The van der Waals surface area contributed by atoms with Crippen LogP contribution in [0.1, 0.15) is 22.3 Å². The number of carbonyl (C=O) groups is 2. The minimum atomic E-state index is -1.19. The Morgan fingerprint density at radius 2 is 1.57 bits per heavy atom. The molecule has 0 aliphatic rings. The van der Waals surface area contributed by atoms with Crippen molar-refractivity contribution in [1.82, 2.24) is 0 Å². The molecular weight excluding hydrogens is 378 g/mol. The molecule has 0 spiro atoms. The molecular formula is C22H18ClNO4. The molecule has 5 nitrogen and oxygen atoms in total. The van der Waals surface area contributed by atoms with Crippen LogP contribution in [0.4, 0.5) is 11.4 Å². The lowest BCUT2D eigenvalue weighted by Gasteiger charge is -2.25. The number of rotatable bonds is 6.